The van der Waals surface area contributed by atoms with Gasteiger partial charge in [-0.25, -0.2) is 4.39 Å². The average Bonchev–Trinajstić information content (AvgIpc) is 3.16. The van der Waals surface area contributed by atoms with Crippen molar-refractivity contribution in [1.82, 2.24) is 15.1 Å². The van der Waals surface area contributed by atoms with Crippen molar-refractivity contribution in [1.29, 1.82) is 0 Å². The SMILES string of the molecule is CN(C)C.[CH2-]c1c(C(=O)N(CC=O)C([CH2-])(C)C(=O)NCc2c(F)cccc2OC)oc2ccc(C)cc12.[U+2]. The zero-order valence-electron chi connectivity index (χ0n) is 22.7. The molecule has 1 atom stereocenters. The Kier molecular flexibility index (Phi) is 12.6. The monoisotopic (exact) mass is 749 g/mol. The van der Waals surface area contributed by atoms with Gasteiger partial charge in [-0.05, 0) is 51.8 Å². The molecule has 2 amide bonds. The summed E-state index contributed by atoms with van der Waals surface area (Å²) in [6.07, 6.45) is 0.490. The van der Waals surface area contributed by atoms with E-state index >= 15 is 0 Å². The topological polar surface area (TPSA) is 92.1 Å². The van der Waals surface area contributed by atoms with Gasteiger partial charge >= 0.3 is 31.1 Å². The summed E-state index contributed by atoms with van der Waals surface area (Å²) in [5, 5.41) is 3.23. The standard InChI is InChI=1S/C25H25FN2O5.C3H9N.U/c1-15-9-10-21-17(13-15)16(2)22(33-21)23(30)28(11-12-29)25(3,4)24(31)27-14-18-19(26)7-6-8-20(18)32-5;1-4(2)3;/h6-10,12-13H,2-3,11,14H2,1,4-5H3,(H,27,31);1-3H3;/q-2;;+2. The number of hydrogen-bond acceptors (Lipinski definition) is 6. The predicted molar refractivity (Wildman–Crippen MR) is 141 cm³/mol. The minimum Gasteiger partial charge on any atom is -0.521 e. The molecule has 1 aromatic heterocycles. The van der Waals surface area contributed by atoms with Crippen LogP contribution in [0.5, 0.6) is 5.75 Å². The fraction of sp³-hybridized carbons (Fsp3) is 0.321. The third-order valence-corrected chi connectivity index (χ3v) is 5.45. The summed E-state index contributed by atoms with van der Waals surface area (Å²) in [5.74, 6) is -1.78. The van der Waals surface area contributed by atoms with E-state index in [2.05, 4.69) is 19.2 Å². The molecule has 1 unspecified atom stereocenters. The van der Waals surface area contributed by atoms with Crippen molar-refractivity contribution in [2.75, 3.05) is 34.8 Å². The van der Waals surface area contributed by atoms with Crippen LogP contribution in [0.25, 0.3) is 11.0 Å². The van der Waals surface area contributed by atoms with Gasteiger partial charge in [-0.1, -0.05) is 30.0 Å². The summed E-state index contributed by atoms with van der Waals surface area (Å²) in [6.45, 7) is 10.5. The van der Waals surface area contributed by atoms with Crippen LogP contribution in [-0.2, 0) is 16.1 Å². The predicted octanol–water partition coefficient (Wildman–Crippen LogP) is 3.80. The van der Waals surface area contributed by atoms with Crippen LogP contribution in [0, 0.1) is 57.7 Å². The van der Waals surface area contributed by atoms with Crippen LogP contribution in [0.3, 0.4) is 0 Å². The van der Waals surface area contributed by atoms with Gasteiger partial charge < -0.3 is 36.0 Å². The van der Waals surface area contributed by atoms with Crippen LogP contribution in [0.1, 0.15) is 34.2 Å². The molecule has 202 valence electrons. The molecule has 10 heteroatoms. The van der Waals surface area contributed by atoms with Crippen molar-refractivity contribution in [3.8, 4) is 5.75 Å². The van der Waals surface area contributed by atoms with E-state index in [-0.39, 0.29) is 54.7 Å². The Morgan fingerprint density at radius 2 is 1.84 bits per heavy atom. The number of benzene rings is 2. The second-order valence-electron chi connectivity index (χ2n) is 9.21. The summed E-state index contributed by atoms with van der Waals surface area (Å²) in [4.78, 5) is 40.7. The van der Waals surface area contributed by atoms with Gasteiger partial charge in [-0.15, -0.1) is 11.6 Å². The molecule has 0 aliphatic rings. The van der Waals surface area contributed by atoms with Crippen molar-refractivity contribution < 1.29 is 59.0 Å². The maximum absolute atomic E-state index is 14.2. The fourth-order valence-corrected chi connectivity index (χ4v) is 3.52. The molecule has 0 bridgehead atoms. The van der Waals surface area contributed by atoms with Crippen molar-refractivity contribution in [3.63, 3.8) is 0 Å². The summed E-state index contributed by atoms with van der Waals surface area (Å²) in [7, 11) is 7.39. The summed E-state index contributed by atoms with van der Waals surface area (Å²) >= 11 is 0. The Balaban J connectivity index is 0.00000135. The molecular weight excluding hydrogens is 715 g/mol. The van der Waals surface area contributed by atoms with Crippen molar-refractivity contribution >= 4 is 29.1 Å². The first-order valence-corrected chi connectivity index (χ1v) is 11.5. The van der Waals surface area contributed by atoms with Crippen LogP contribution in [0.2, 0.25) is 0 Å². The third kappa shape index (κ3) is 7.86. The quantitative estimate of drug-likeness (QED) is 0.279. The van der Waals surface area contributed by atoms with E-state index in [1.807, 2.05) is 45.1 Å². The normalized spacial score (nSPS) is 12.0. The molecule has 0 aliphatic heterocycles. The second kappa shape index (κ2) is 14.4. The number of nitrogens with zero attached hydrogens (tertiary/aromatic N) is 2. The van der Waals surface area contributed by atoms with Crippen LogP contribution in [0.15, 0.2) is 40.8 Å². The van der Waals surface area contributed by atoms with Gasteiger partial charge in [0.2, 0.25) is 11.8 Å². The van der Waals surface area contributed by atoms with E-state index in [0.717, 1.165) is 10.5 Å². The molecule has 8 nitrogen and oxygen atoms in total. The van der Waals surface area contributed by atoms with E-state index in [1.165, 1.54) is 26.2 Å². The first-order valence-electron chi connectivity index (χ1n) is 11.5. The van der Waals surface area contributed by atoms with Gasteiger partial charge in [0.05, 0.1) is 25.0 Å². The number of rotatable bonds is 8. The Hall–Kier alpha value is -2.80. The molecular formula is C28H34FN3O5U. The number of halogens is 1. The summed E-state index contributed by atoms with van der Waals surface area (Å²) in [5.41, 5.74) is 0.202. The molecule has 0 saturated heterocycles. The van der Waals surface area contributed by atoms with E-state index in [1.54, 1.807) is 12.1 Å². The number of carbonyl (C=O) groups excluding carboxylic acids is 3. The number of hydrogen-bond donors (Lipinski definition) is 1. The van der Waals surface area contributed by atoms with Gasteiger partial charge in [-0.3, -0.25) is 9.59 Å². The molecule has 0 radical (unpaired) electrons. The van der Waals surface area contributed by atoms with Gasteiger partial charge in [0, 0.05) is 12.1 Å². The molecule has 3 aromatic rings. The van der Waals surface area contributed by atoms with Crippen molar-refractivity contribution in [3.05, 3.63) is 78.5 Å². The molecule has 0 saturated carbocycles. The number of methoxy groups -OCH3 is 1. The maximum Gasteiger partial charge on any atom is 2.00 e. The molecule has 1 N–H and O–H groups in total. The maximum atomic E-state index is 14.2. The number of amides is 2. The molecule has 38 heavy (non-hydrogen) atoms. The van der Waals surface area contributed by atoms with Crippen LogP contribution >= 0.6 is 0 Å². The molecule has 1 heterocycles. The van der Waals surface area contributed by atoms with Crippen LogP contribution in [-0.4, -0.2) is 68.2 Å². The Morgan fingerprint density at radius 3 is 2.42 bits per heavy atom. The van der Waals surface area contributed by atoms with Crippen LogP contribution < -0.4 is 10.1 Å². The van der Waals surface area contributed by atoms with Gasteiger partial charge in [0.15, 0.2) is 0 Å². The molecule has 3 rings (SSSR count). The van der Waals surface area contributed by atoms with Crippen molar-refractivity contribution in [2.45, 2.75) is 25.9 Å². The number of nitrogens with one attached hydrogen (secondary N) is 1. The summed E-state index contributed by atoms with van der Waals surface area (Å²) < 4.78 is 25.0. The number of carbonyl (C=O) groups is 3. The zero-order chi connectivity index (χ0) is 27.9. The number of aldehydes is 1. The average molecular weight is 750 g/mol. The summed E-state index contributed by atoms with van der Waals surface area (Å²) in [6, 6.07) is 9.68. The molecule has 0 spiro atoms. The smallest absolute Gasteiger partial charge is 0.521 e. The van der Waals surface area contributed by atoms with Crippen molar-refractivity contribution in [2.24, 2.45) is 0 Å². The zero-order valence-corrected chi connectivity index (χ0v) is 26.8. The number of furan rings is 1. The Morgan fingerprint density at radius 1 is 1.21 bits per heavy atom. The first kappa shape index (κ1) is 33.2. The number of fused-ring (bicyclic) bond motifs is 1. The van der Waals surface area contributed by atoms with E-state index in [0.29, 0.717) is 22.8 Å². The van der Waals surface area contributed by atoms with Gasteiger partial charge in [-0.2, -0.15) is 6.92 Å². The molecule has 0 aliphatic carbocycles. The first-order chi connectivity index (χ1) is 17.3. The second-order valence-corrected chi connectivity index (χ2v) is 9.21. The fourth-order valence-electron chi connectivity index (χ4n) is 3.52. The Labute approximate surface area is 247 Å². The van der Waals surface area contributed by atoms with Crippen LogP contribution in [0.4, 0.5) is 4.39 Å². The van der Waals surface area contributed by atoms with Gasteiger partial charge in [0.25, 0.3) is 0 Å². The van der Waals surface area contributed by atoms with Gasteiger partial charge in [0.1, 0.15) is 17.9 Å². The van der Waals surface area contributed by atoms with E-state index < -0.39 is 29.7 Å². The number of ether oxygens (including phenoxy) is 1. The largest absolute Gasteiger partial charge is 2.00 e. The third-order valence-electron chi connectivity index (χ3n) is 5.45. The molecule has 0 fully saturated rings. The van der Waals surface area contributed by atoms with E-state index in [4.69, 9.17) is 9.15 Å². The Bertz CT molecular complexity index is 1270. The number of aryl methyl sites for hydroxylation is 1. The van der Waals surface area contributed by atoms with E-state index in [9.17, 15) is 18.8 Å². The molecule has 2 aromatic carbocycles. The minimum absolute atomic E-state index is 0. The minimum atomic E-state index is -1.71.